The molecule has 2 atom stereocenters. The number of piperazine rings is 1. The molecule has 9 heteroatoms. The van der Waals surface area contributed by atoms with Crippen molar-refractivity contribution in [2.24, 2.45) is 0 Å². The maximum atomic E-state index is 15.4. The topological polar surface area (TPSA) is 110 Å². The monoisotopic (exact) mass is 362 g/mol. The van der Waals surface area contributed by atoms with Crippen LogP contribution in [0.15, 0.2) is 11.0 Å². The van der Waals surface area contributed by atoms with E-state index in [2.05, 4.69) is 5.32 Å². The molecule has 1 aromatic heterocycles. The van der Waals surface area contributed by atoms with Crippen molar-refractivity contribution in [2.45, 2.75) is 31.0 Å². The van der Waals surface area contributed by atoms with Crippen LogP contribution < -0.4 is 21.4 Å². The molecule has 26 heavy (non-hydrogen) atoms. The summed E-state index contributed by atoms with van der Waals surface area (Å²) in [6.07, 6.45) is 2.62. The molecule has 1 saturated carbocycles. The molecule has 4 N–H and O–H groups in total. The maximum absolute atomic E-state index is 15.4. The first kappa shape index (κ1) is 15.6. The lowest BCUT2D eigenvalue weighted by Crippen LogP contribution is -2.30. The Morgan fingerprint density at radius 1 is 1.23 bits per heavy atom. The Morgan fingerprint density at radius 3 is 2.46 bits per heavy atom. The number of aromatic carboxylic acids is 1. The van der Waals surface area contributed by atoms with E-state index in [1.54, 1.807) is 4.90 Å². The Labute approximate surface area is 146 Å². The first-order chi connectivity index (χ1) is 12.4. The number of carboxylic acid groups (broad SMARTS) is 1. The van der Waals surface area contributed by atoms with Gasteiger partial charge in [0.1, 0.15) is 11.3 Å². The van der Waals surface area contributed by atoms with E-state index in [0.29, 0.717) is 13.1 Å². The number of nitrogens with two attached hydrogens (primary N) is 1. The average molecular weight is 362 g/mol. The van der Waals surface area contributed by atoms with E-state index in [1.165, 1.54) is 4.57 Å². The number of benzene rings is 1. The molecular weight excluding hydrogens is 346 g/mol. The van der Waals surface area contributed by atoms with Crippen molar-refractivity contribution in [1.29, 1.82) is 0 Å². The molecule has 3 fully saturated rings. The first-order valence-electron chi connectivity index (χ1n) is 8.48. The van der Waals surface area contributed by atoms with Gasteiger partial charge in [-0.15, -0.1) is 0 Å². The van der Waals surface area contributed by atoms with Crippen LogP contribution in [0.2, 0.25) is 0 Å². The van der Waals surface area contributed by atoms with Crippen molar-refractivity contribution in [2.75, 3.05) is 23.7 Å². The quantitative estimate of drug-likeness (QED) is 0.556. The fourth-order valence-electron chi connectivity index (χ4n) is 3.93. The van der Waals surface area contributed by atoms with E-state index in [4.69, 9.17) is 5.73 Å². The minimum absolute atomic E-state index is 0.107. The van der Waals surface area contributed by atoms with Crippen LogP contribution in [0.1, 0.15) is 29.2 Å². The number of rotatable bonds is 3. The molecule has 0 bridgehead atoms. The van der Waals surface area contributed by atoms with E-state index in [-0.39, 0.29) is 29.3 Å². The van der Waals surface area contributed by atoms with Crippen molar-refractivity contribution in [3.8, 4) is 0 Å². The summed E-state index contributed by atoms with van der Waals surface area (Å²) in [6.45, 7) is 0.925. The molecule has 1 aromatic carbocycles. The standard InChI is InChI=1S/C17H16F2N4O3/c18-11-13(20)10-14(12(19)15(11)22-4-8-9(5-22)21-8)23(6-1-2-6)3-7(16(10)24)17(25)26/h3,6,8-9,21H,1-2,4-5,20H2,(H,25,26). The van der Waals surface area contributed by atoms with Crippen LogP contribution in [0, 0.1) is 11.6 Å². The van der Waals surface area contributed by atoms with E-state index in [0.717, 1.165) is 19.0 Å². The van der Waals surface area contributed by atoms with Gasteiger partial charge in [0.2, 0.25) is 5.43 Å². The second-order valence-corrected chi connectivity index (χ2v) is 7.21. The highest BCUT2D eigenvalue weighted by molar-refractivity contribution is 5.99. The summed E-state index contributed by atoms with van der Waals surface area (Å²) in [4.78, 5) is 25.5. The van der Waals surface area contributed by atoms with E-state index in [1.807, 2.05) is 0 Å². The molecular formula is C17H16F2N4O3. The van der Waals surface area contributed by atoms with Gasteiger partial charge in [-0.1, -0.05) is 0 Å². The zero-order valence-corrected chi connectivity index (χ0v) is 13.6. The second kappa shape index (κ2) is 4.94. The normalized spacial score (nSPS) is 24.2. The largest absolute Gasteiger partial charge is 0.477 e. The molecule has 2 aromatic rings. The molecule has 0 radical (unpaired) electrons. The van der Waals surface area contributed by atoms with Gasteiger partial charge in [-0.3, -0.25) is 4.79 Å². The number of nitrogen functional groups attached to an aromatic ring is 1. The Balaban J connectivity index is 1.85. The number of nitrogens with one attached hydrogen (secondary N) is 1. The number of fused-ring (bicyclic) bond motifs is 2. The molecule has 7 nitrogen and oxygen atoms in total. The predicted molar refractivity (Wildman–Crippen MR) is 90.7 cm³/mol. The molecule has 2 aliphatic heterocycles. The molecule has 3 aliphatic rings. The third-order valence-electron chi connectivity index (χ3n) is 5.49. The minimum Gasteiger partial charge on any atom is -0.477 e. The van der Waals surface area contributed by atoms with Crippen LogP contribution >= 0.6 is 0 Å². The summed E-state index contributed by atoms with van der Waals surface area (Å²) in [5.74, 6) is -3.30. The molecule has 0 amide bonds. The highest BCUT2D eigenvalue weighted by Crippen LogP contribution is 2.42. The van der Waals surface area contributed by atoms with Crippen molar-refractivity contribution >= 4 is 28.2 Å². The maximum Gasteiger partial charge on any atom is 0.341 e. The van der Waals surface area contributed by atoms with Gasteiger partial charge >= 0.3 is 5.97 Å². The zero-order chi connectivity index (χ0) is 18.3. The summed E-state index contributed by atoms with van der Waals surface area (Å²) in [5.41, 5.74) is 3.54. The first-order valence-corrected chi connectivity index (χ1v) is 8.48. The van der Waals surface area contributed by atoms with Crippen LogP contribution in [0.3, 0.4) is 0 Å². The Hall–Kier alpha value is -2.68. The molecule has 136 valence electrons. The van der Waals surface area contributed by atoms with Gasteiger partial charge in [-0.25, -0.2) is 13.6 Å². The van der Waals surface area contributed by atoms with Gasteiger partial charge in [0.25, 0.3) is 0 Å². The number of carbonyl (C=O) groups is 1. The fourth-order valence-corrected chi connectivity index (χ4v) is 3.93. The number of anilines is 2. The van der Waals surface area contributed by atoms with E-state index < -0.39 is 39.7 Å². The van der Waals surface area contributed by atoms with Crippen LogP contribution in [-0.4, -0.2) is 40.8 Å². The van der Waals surface area contributed by atoms with Gasteiger partial charge in [0.15, 0.2) is 11.6 Å². The zero-order valence-electron chi connectivity index (χ0n) is 13.6. The average Bonchev–Trinajstić information content (AvgIpc) is 3.51. The summed E-state index contributed by atoms with van der Waals surface area (Å²) < 4.78 is 31.8. The lowest BCUT2D eigenvalue weighted by molar-refractivity contribution is 0.0695. The fraction of sp³-hybridized carbons (Fsp3) is 0.412. The van der Waals surface area contributed by atoms with Gasteiger partial charge in [0, 0.05) is 37.4 Å². The number of hydrogen-bond donors (Lipinski definition) is 3. The molecule has 2 unspecified atom stereocenters. The molecule has 0 spiro atoms. The van der Waals surface area contributed by atoms with Gasteiger partial charge in [0.05, 0.1) is 16.6 Å². The number of nitrogens with zero attached hydrogens (tertiary/aromatic N) is 2. The van der Waals surface area contributed by atoms with Crippen LogP contribution in [0.4, 0.5) is 20.2 Å². The van der Waals surface area contributed by atoms with Crippen molar-refractivity contribution in [1.82, 2.24) is 9.88 Å². The summed E-state index contributed by atoms with van der Waals surface area (Å²) in [7, 11) is 0. The van der Waals surface area contributed by atoms with Gasteiger partial charge in [-0.2, -0.15) is 0 Å². The van der Waals surface area contributed by atoms with Crippen LogP contribution in [0.25, 0.3) is 10.9 Å². The lowest BCUT2D eigenvalue weighted by atomic mass is 10.1. The SMILES string of the molecule is Nc1c(F)c(N2CC3NC3C2)c(F)c2c1c(=O)c(C(=O)O)cn2C1CC1. The van der Waals surface area contributed by atoms with E-state index >= 15 is 4.39 Å². The predicted octanol–water partition coefficient (Wildman–Crippen LogP) is 1.06. The summed E-state index contributed by atoms with van der Waals surface area (Å²) in [5, 5.41) is 12.1. The Morgan fingerprint density at radius 2 is 1.88 bits per heavy atom. The Bertz CT molecular complexity index is 1040. The molecule has 1 aliphatic carbocycles. The highest BCUT2D eigenvalue weighted by Gasteiger charge is 2.46. The van der Waals surface area contributed by atoms with Gasteiger partial charge < -0.3 is 25.6 Å². The number of halogens is 2. The van der Waals surface area contributed by atoms with Gasteiger partial charge in [-0.05, 0) is 12.8 Å². The highest BCUT2D eigenvalue weighted by atomic mass is 19.1. The second-order valence-electron chi connectivity index (χ2n) is 7.21. The molecule has 5 rings (SSSR count). The summed E-state index contributed by atoms with van der Waals surface area (Å²) >= 11 is 0. The Kier molecular flexibility index (Phi) is 2.96. The number of carboxylic acids is 1. The van der Waals surface area contributed by atoms with E-state index in [9.17, 15) is 19.1 Å². The third-order valence-corrected chi connectivity index (χ3v) is 5.49. The van der Waals surface area contributed by atoms with Crippen LogP contribution in [0.5, 0.6) is 0 Å². The number of aromatic nitrogens is 1. The number of pyridine rings is 1. The third kappa shape index (κ3) is 2.00. The molecule has 3 heterocycles. The smallest absolute Gasteiger partial charge is 0.341 e. The lowest BCUT2D eigenvalue weighted by Gasteiger charge is -2.24. The van der Waals surface area contributed by atoms with Crippen LogP contribution in [-0.2, 0) is 0 Å². The van der Waals surface area contributed by atoms with Crippen molar-refractivity contribution < 1.29 is 18.7 Å². The van der Waals surface area contributed by atoms with Crippen molar-refractivity contribution in [3.63, 3.8) is 0 Å². The summed E-state index contributed by atoms with van der Waals surface area (Å²) in [6, 6.07) is 0.313. The minimum atomic E-state index is -1.44. The molecule has 2 saturated heterocycles. The number of hydrogen-bond acceptors (Lipinski definition) is 5. The van der Waals surface area contributed by atoms with Crippen molar-refractivity contribution in [3.05, 3.63) is 33.6 Å².